The van der Waals surface area contributed by atoms with Gasteiger partial charge in [0.2, 0.25) is 0 Å². The number of aromatic hydroxyl groups is 1. The molecule has 1 heterocycles. The highest BCUT2D eigenvalue weighted by atomic mass is 19.1. The van der Waals surface area contributed by atoms with Crippen molar-refractivity contribution in [2.45, 2.75) is 0 Å². The number of hydrogen-bond acceptors (Lipinski definition) is 2. The molecular formula is C14H11FN2O. The molecule has 3 nitrogen and oxygen atoms in total. The summed E-state index contributed by atoms with van der Waals surface area (Å²) in [5.74, 6) is 0.459. The van der Waals surface area contributed by atoms with Crippen molar-refractivity contribution in [2.24, 2.45) is 7.05 Å². The lowest BCUT2D eigenvalue weighted by Crippen LogP contribution is -1.91. The maximum absolute atomic E-state index is 13.6. The molecule has 0 saturated heterocycles. The molecule has 0 atom stereocenters. The van der Waals surface area contributed by atoms with Crippen molar-refractivity contribution in [3.05, 3.63) is 48.3 Å². The molecule has 0 aliphatic heterocycles. The second kappa shape index (κ2) is 3.84. The quantitative estimate of drug-likeness (QED) is 0.712. The molecule has 0 aliphatic rings. The first-order valence-electron chi connectivity index (χ1n) is 5.57. The Morgan fingerprint density at radius 3 is 2.67 bits per heavy atom. The van der Waals surface area contributed by atoms with Gasteiger partial charge in [-0.15, -0.1) is 0 Å². The summed E-state index contributed by atoms with van der Waals surface area (Å²) in [4.78, 5) is 4.30. The zero-order chi connectivity index (χ0) is 12.7. The van der Waals surface area contributed by atoms with Crippen LogP contribution >= 0.6 is 0 Å². The third-order valence-electron chi connectivity index (χ3n) is 2.97. The zero-order valence-electron chi connectivity index (χ0n) is 9.76. The van der Waals surface area contributed by atoms with Crippen molar-refractivity contribution in [3.63, 3.8) is 0 Å². The summed E-state index contributed by atoms with van der Waals surface area (Å²) < 4.78 is 15.5. The van der Waals surface area contributed by atoms with Crippen LogP contribution in [0.4, 0.5) is 4.39 Å². The molecule has 0 spiro atoms. The fourth-order valence-corrected chi connectivity index (χ4v) is 2.08. The second-order valence-electron chi connectivity index (χ2n) is 4.15. The molecule has 3 aromatic rings. The van der Waals surface area contributed by atoms with Crippen molar-refractivity contribution in [3.8, 4) is 17.1 Å². The van der Waals surface area contributed by atoms with Gasteiger partial charge >= 0.3 is 0 Å². The van der Waals surface area contributed by atoms with Gasteiger partial charge in [-0.3, -0.25) is 0 Å². The molecule has 1 aromatic heterocycles. The number of para-hydroxylation sites is 1. The van der Waals surface area contributed by atoms with Gasteiger partial charge in [-0.25, -0.2) is 9.37 Å². The van der Waals surface area contributed by atoms with E-state index in [1.807, 2.05) is 23.7 Å². The number of nitrogens with zero attached hydrogens (tertiary/aromatic N) is 2. The average Bonchev–Trinajstić information content (AvgIpc) is 2.69. The van der Waals surface area contributed by atoms with E-state index in [9.17, 15) is 9.50 Å². The van der Waals surface area contributed by atoms with Crippen molar-refractivity contribution in [2.75, 3.05) is 0 Å². The highest BCUT2D eigenvalue weighted by Gasteiger charge is 2.12. The van der Waals surface area contributed by atoms with Gasteiger partial charge in [0.1, 0.15) is 17.1 Å². The molecule has 2 aromatic carbocycles. The summed E-state index contributed by atoms with van der Waals surface area (Å²) in [6.07, 6.45) is 0. The van der Waals surface area contributed by atoms with E-state index < -0.39 is 0 Å². The summed E-state index contributed by atoms with van der Waals surface area (Å²) in [6.45, 7) is 0. The summed E-state index contributed by atoms with van der Waals surface area (Å²) in [5, 5.41) is 9.48. The lowest BCUT2D eigenvalue weighted by atomic mass is 10.2. The number of aryl methyl sites for hydroxylation is 1. The van der Waals surface area contributed by atoms with E-state index in [1.54, 1.807) is 24.3 Å². The molecule has 3 rings (SSSR count). The second-order valence-corrected chi connectivity index (χ2v) is 4.15. The van der Waals surface area contributed by atoms with Gasteiger partial charge in [0.15, 0.2) is 5.82 Å². The molecule has 0 unspecified atom stereocenters. The largest absolute Gasteiger partial charge is 0.508 e. The predicted octanol–water partition coefficient (Wildman–Crippen LogP) is 3.09. The third-order valence-corrected chi connectivity index (χ3v) is 2.97. The zero-order valence-corrected chi connectivity index (χ0v) is 9.76. The number of halogens is 1. The first-order chi connectivity index (χ1) is 8.66. The lowest BCUT2D eigenvalue weighted by Gasteiger charge is -2.02. The number of benzene rings is 2. The minimum Gasteiger partial charge on any atom is -0.508 e. The predicted molar refractivity (Wildman–Crippen MR) is 67.8 cm³/mol. The van der Waals surface area contributed by atoms with Crippen molar-refractivity contribution in [1.82, 2.24) is 9.55 Å². The van der Waals surface area contributed by atoms with E-state index in [0.717, 1.165) is 11.1 Å². The van der Waals surface area contributed by atoms with Crippen molar-refractivity contribution < 1.29 is 9.50 Å². The fourth-order valence-electron chi connectivity index (χ4n) is 2.08. The molecule has 18 heavy (non-hydrogen) atoms. The summed E-state index contributed by atoms with van der Waals surface area (Å²) in [5.41, 5.74) is 1.83. The monoisotopic (exact) mass is 242 g/mol. The number of imidazole rings is 1. The maximum atomic E-state index is 13.6. The molecule has 90 valence electrons. The number of aromatic nitrogens is 2. The van der Waals surface area contributed by atoms with Crippen LogP contribution in [0.15, 0.2) is 42.5 Å². The summed E-state index contributed by atoms with van der Waals surface area (Å²) >= 11 is 0. The number of fused-ring (bicyclic) bond motifs is 1. The summed E-state index contributed by atoms with van der Waals surface area (Å²) in [6, 6.07) is 11.6. The third kappa shape index (κ3) is 1.54. The Hall–Kier alpha value is -2.36. The number of phenols is 1. The Bertz CT molecular complexity index is 734. The summed E-state index contributed by atoms with van der Waals surface area (Å²) in [7, 11) is 1.83. The number of hydrogen-bond donors (Lipinski definition) is 1. The van der Waals surface area contributed by atoms with Gasteiger partial charge in [-0.1, -0.05) is 18.2 Å². The van der Waals surface area contributed by atoms with Crippen LogP contribution in [0.25, 0.3) is 22.4 Å². The Morgan fingerprint density at radius 2 is 1.94 bits per heavy atom. The molecule has 1 N–H and O–H groups in total. The molecule has 4 heteroatoms. The van der Waals surface area contributed by atoms with Gasteiger partial charge in [0, 0.05) is 12.6 Å². The molecular weight excluding hydrogens is 231 g/mol. The molecule has 0 saturated carbocycles. The van der Waals surface area contributed by atoms with Crippen LogP contribution < -0.4 is 0 Å². The van der Waals surface area contributed by atoms with Crippen LogP contribution in [-0.2, 0) is 7.05 Å². The molecule has 0 radical (unpaired) electrons. The van der Waals surface area contributed by atoms with Crippen LogP contribution in [0.1, 0.15) is 0 Å². The number of phenolic OH excluding ortho intramolecular Hbond substituents is 1. The van der Waals surface area contributed by atoms with E-state index in [4.69, 9.17) is 0 Å². The van der Waals surface area contributed by atoms with Gasteiger partial charge in [0.05, 0.1) is 5.52 Å². The van der Waals surface area contributed by atoms with E-state index in [1.165, 1.54) is 6.07 Å². The van der Waals surface area contributed by atoms with Crippen LogP contribution in [-0.4, -0.2) is 14.7 Å². The van der Waals surface area contributed by atoms with Gasteiger partial charge in [0.25, 0.3) is 0 Å². The van der Waals surface area contributed by atoms with Crippen molar-refractivity contribution in [1.29, 1.82) is 0 Å². The highest BCUT2D eigenvalue weighted by molar-refractivity contribution is 5.81. The first-order valence-corrected chi connectivity index (χ1v) is 5.57. The molecule has 0 fully saturated rings. The van der Waals surface area contributed by atoms with E-state index in [-0.39, 0.29) is 11.6 Å². The van der Waals surface area contributed by atoms with Crippen molar-refractivity contribution >= 4 is 11.0 Å². The molecule has 0 amide bonds. The molecule has 0 aliphatic carbocycles. The minimum absolute atomic E-state index is 0.167. The van der Waals surface area contributed by atoms with Crippen LogP contribution in [0.2, 0.25) is 0 Å². The van der Waals surface area contributed by atoms with E-state index >= 15 is 0 Å². The highest BCUT2D eigenvalue weighted by Crippen LogP contribution is 2.26. The van der Waals surface area contributed by atoms with E-state index in [0.29, 0.717) is 11.3 Å². The normalized spacial score (nSPS) is 11.0. The van der Waals surface area contributed by atoms with Gasteiger partial charge in [-0.2, -0.15) is 0 Å². The standard InChI is InChI=1S/C14H11FN2O/c1-17-12-7-3-6-11(15)13(12)16-14(17)9-4-2-5-10(18)8-9/h2-8,18H,1H3. The Morgan fingerprint density at radius 1 is 1.17 bits per heavy atom. The Balaban J connectivity index is 2.30. The maximum Gasteiger partial charge on any atom is 0.151 e. The molecule has 0 bridgehead atoms. The minimum atomic E-state index is -0.338. The Labute approximate surface area is 103 Å². The van der Waals surface area contributed by atoms with Crippen LogP contribution in [0.3, 0.4) is 0 Å². The van der Waals surface area contributed by atoms with E-state index in [2.05, 4.69) is 4.98 Å². The Kier molecular flexibility index (Phi) is 2.30. The van der Waals surface area contributed by atoms with Crippen LogP contribution in [0, 0.1) is 5.82 Å². The van der Waals surface area contributed by atoms with Crippen LogP contribution in [0.5, 0.6) is 5.75 Å². The fraction of sp³-hybridized carbons (Fsp3) is 0.0714. The van der Waals surface area contributed by atoms with Gasteiger partial charge in [-0.05, 0) is 24.3 Å². The first kappa shape index (κ1) is 10.8. The smallest absolute Gasteiger partial charge is 0.151 e. The lowest BCUT2D eigenvalue weighted by molar-refractivity contribution is 0.475. The SMILES string of the molecule is Cn1c(-c2cccc(O)c2)nc2c(F)cccc21. The topological polar surface area (TPSA) is 38.0 Å². The number of rotatable bonds is 1. The average molecular weight is 242 g/mol. The van der Waals surface area contributed by atoms with Gasteiger partial charge < -0.3 is 9.67 Å².